The number of nitro groups is 1. The van der Waals surface area contributed by atoms with E-state index in [-0.39, 0.29) is 17.6 Å². The molecule has 1 saturated heterocycles. The number of halogens is 3. The fourth-order valence-electron chi connectivity index (χ4n) is 3.57. The molecule has 2 aromatic rings. The highest BCUT2D eigenvalue weighted by Crippen LogP contribution is 2.33. The van der Waals surface area contributed by atoms with Gasteiger partial charge in [-0.25, -0.2) is 0 Å². The minimum Gasteiger partial charge on any atom is -0.422 e. The summed E-state index contributed by atoms with van der Waals surface area (Å²) in [6.07, 6.45) is -1.77. The molecule has 1 fully saturated rings. The first-order valence-electron chi connectivity index (χ1n) is 9.42. The molecule has 3 heterocycles. The van der Waals surface area contributed by atoms with E-state index in [4.69, 9.17) is 4.74 Å². The summed E-state index contributed by atoms with van der Waals surface area (Å²) < 4.78 is 48.0. The number of fused-ring (bicyclic) bond motifs is 1. The van der Waals surface area contributed by atoms with Crippen LogP contribution in [0, 0.1) is 10.1 Å². The van der Waals surface area contributed by atoms with Crippen molar-refractivity contribution < 1.29 is 27.6 Å². The number of nitrogens with zero attached hydrogens (tertiary/aromatic N) is 6. The van der Waals surface area contributed by atoms with Gasteiger partial charge in [-0.1, -0.05) is 0 Å². The number of piperazine rings is 1. The molecule has 0 aliphatic carbocycles. The Morgan fingerprint density at radius 3 is 2.52 bits per heavy atom. The molecule has 10 nitrogen and oxygen atoms in total. The lowest BCUT2D eigenvalue weighted by Gasteiger charge is -2.41. The third-order valence-electron chi connectivity index (χ3n) is 5.10. The molecule has 4 rings (SSSR count). The van der Waals surface area contributed by atoms with Gasteiger partial charge in [0.2, 0.25) is 0 Å². The van der Waals surface area contributed by atoms with Crippen molar-refractivity contribution in [2.45, 2.75) is 25.6 Å². The van der Waals surface area contributed by atoms with Crippen LogP contribution in [-0.2, 0) is 6.54 Å². The molecule has 0 amide bonds. The fraction of sp³-hybridized carbons (Fsp3) is 0.444. The second-order valence-corrected chi connectivity index (χ2v) is 7.35. The Kier molecular flexibility index (Phi) is 5.21. The molecule has 0 spiro atoms. The monoisotopic (exact) mass is 440 g/mol. The second kappa shape index (κ2) is 7.72. The first-order valence-corrected chi connectivity index (χ1v) is 9.42. The number of hydrazone groups is 1. The predicted octanol–water partition coefficient (Wildman–Crippen LogP) is 2.45. The summed E-state index contributed by atoms with van der Waals surface area (Å²) in [5.41, 5.74) is -0.00301. The molecule has 0 bridgehead atoms. The zero-order chi connectivity index (χ0) is 22.2. The Morgan fingerprint density at radius 1 is 1.26 bits per heavy atom. The molecule has 166 valence electrons. The molecule has 1 atom stereocenters. The maximum atomic E-state index is 12.2. The van der Waals surface area contributed by atoms with Crippen molar-refractivity contribution in [3.05, 3.63) is 46.1 Å². The van der Waals surface area contributed by atoms with E-state index in [0.717, 1.165) is 0 Å². The Labute approximate surface area is 174 Å². The average Bonchev–Trinajstić information content (AvgIpc) is 3.23. The number of rotatable bonds is 5. The summed E-state index contributed by atoms with van der Waals surface area (Å²) in [6, 6.07) is 5.69. The van der Waals surface area contributed by atoms with Gasteiger partial charge in [0.05, 0.1) is 12.8 Å². The number of aromatic nitrogens is 2. The molecule has 0 radical (unpaired) electrons. The molecule has 2 aliphatic rings. The summed E-state index contributed by atoms with van der Waals surface area (Å²) >= 11 is 0. The zero-order valence-corrected chi connectivity index (χ0v) is 16.4. The predicted molar refractivity (Wildman–Crippen MR) is 102 cm³/mol. The topological polar surface area (TPSA) is 98.3 Å². The second-order valence-electron chi connectivity index (χ2n) is 7.35. The van der Waals surface area contributed by atoms with Gasteiger partial charge in [0, 0.05) is 31.2 Å². The number of benzene rings is 1. The third kappa shape index (κ3) is 4.71. The number of ether oxygens (including phenoxy) is 2. The number of alkyl halides is 3. The highest BCUT2D eigenvalue weighted by atomic mass is 19.4. The zero-order valence-electron chi connectivity index (χ0n) is 16.4. The molecule has 1 aromatic carbocycles. The van der Waals surface area contributed by atoms with Gasteiger partial charge < -0.3 is 19.6 Å². The van der Waals surface area contributed by atoms with Crippen molar-refractivity contribution in [2.75, 3.05) is 26.2 Å². The highest BCUT2D eigenvalue weighted by molar-refractivity contribution is 5.79. The molecule has 0 unspecified atom stereocenters. The van der Waals surface area contributed by atoms with E-state index in [2.05, 4.69) is 19.7 Å². The summed E-state index contributed by atoms with van der Waals surface area (Å²) in [4.78, 5) is 16.3. The largest absolute Gasteiger partial charge is 0.573 e. The van der Waals surface area contributed by atoms with Crippen molar-refractivity contribution in [2.24, 2.45) is 5.10 Å². The van der Waals surface area contributed by atoms with Crippen molar-refractivity contribution >= 4 is 12.0 Å². The van der Waals surface area contributed by atoms with E-state index in [9.17, 15) is 23.3 Å². The number of hydrogen-bond donors (Lipinski definition) is 0. The van der Waals surface area contributed by atoms with Gasteiger partial charge >= 0.3 is 18.2 Å². The van der Waals surface area contributed by atoms with Crippen molar-refractivity contribution in [3.8, 4) is 11.8 Å². The first-order chi connectivity index (χ1) is 14.6. The molecule has 13 heteroatoms. The summed E-state index contributed by atoms with van der Waals surface area (Å²) in [5.74, 6) is -0.525. The van der Waals surface area contributed by atoms with Crippen LogP contribution in [0.1, 0.15) is 12.5 Å². The van der Waals surface area contributed by atoms with Gasteiger partial charge in [0.25, 0.3) is 0 Å². The fourth-order valence-corrected chi connectivity index (χ4v) is 3.57. The minimum absolute atomic E-state index is 0.229. The van der Waals surface area contributed by atoms with Gasteiger partial charge in [-0.05, 0) is 41.7 Å². The number of hydrogen-bond acceptors (Lipinski definition) is 8. The van der Waals surface area contributed by atoms with E-state index < -0.39 is 17.0 Å². The molecule has 1 aromatic heterocycles. The third-order valence-corrected chi connectivity index (χ3v) is 5.10. The molecule has 31 heavy (non-hydrogen) atoms. The van der Waals surface area contributed by atoms with Crippen LogP contribution < -0.4 is 9.47 Å². The van der Waals surface area contributed by atoms with Crippen LogP contribution in [0.15, 0.2) is 35.6 Å². The normalized spacial score (nSPS) is 21.9. The van der Waals surface area contributed by atoms with Gasteiger partial charge in [-0.15, -0.1) is 13.2 Å². The molecule has 0 N–H and O–H groups in total. The van der Waals surface area contributed by atoms with Gasteiger partial charge in [0.15, 0.2) is 5.72 Å². The van der Waals surface area contributed by atoms with Crippen LogP contribution >= 0.6 is 0 Å². The van der Waals surface area contributed by atoms with E-state index in [1.807, 2.05) is 11.9 Å². The first kappa shape index (κ1) is 20.9. The Morgan fingerprint density at radius 2 is 1.94 bits per heavy atom. The maximum Gasteiger partial charge on any atom is 0.573 e. The lowest BCUT2D eigenvalue weighted by atomic mass is 10.2. The lowest BCUT2D eigenvalue weighted by molar-refractivity contribution is -0.389. The van der Waals surface area contributed by atoms with E-state index in [1.165, 1.54) is 30.5 Å². The molecule has 0 saturated carbocycles. The van der Waals surface area contributed by atoms with Gasteiger partial charge in [-0.2, -0.15) is 5.10 Å². The standard InChI is InChI=1S/C18H19F3N6O4/c1-17(12-24-11-15(27(28)29)23-16(24)31-17)25-6-8-26(9-7-25)22-10-13-2-4-14(5-3-13)30-18(19,20)21/h2-5,10-11H,6-9,12H2,1H3/t17-/m1/s1. The van der Waals surface area contributed by atoms with Gasteiger partial charge in [-0.3, -0.25) is 14.5 Å². The van der Waals surface area contributed by atoms with E-state index in [0.29, 0.717) is 38.3 Å². The molecular formula is C18H19F3N6O4. The smallest absolute Gasteiger partial charge is 0.422 e. The lowest BCUT2D eigenvalue weighted by Crippen LogP contribution is -2.57. The summed E-state index contributed by atoms with van der Waals surface area (Å²) in [5, 5.41) is 17.1. The summed E-state index contributed by atoms with van der Waals surface area (Å²) in [7, 11) is 0. The van der Waals surface area contributed by atoms with Crippen molar-refractivity contribution in [1.82, 2.24) is 19.5 Å². The molecule has 2 aliphatic heterocycles. The summed E-state index contributed by atoms with van der Waals surface area (Å²) in [6.45, 7) is 4.88. The van der Waals surface area contributed by atoms with Crippen LogP contribution in [0.2, 0.25) is 0 Å². The van der Waals surface area contributed by atoms with Crippen LogP contribution in [0.4, 0.5) is 19.0 Å². The Bertz CT molecular complexity index is 960. The maximum absolute atomic E-state index is 12.2. The van der Waals surface area contributed by atoms with Crippen LogP contribution in [-0.4, -0.2) is 68.9 Å². The Balaban J connectivity index is 1.30. The highest BCUT2D eigenvalue weighted by Gasteiger charge is 2.45. The van der Waals surface area contributed by atoms with Crippen LogP contribution in [0.25, 0.3) is 0 Å². The van der Waals surface area contributed by atoms with E-state index in [1.54, 1.807) is 10.8 Å². The number of imidazole rings is 1. The van der Waals surface area contributed by atoms with Crippen molar-refractivity contribution in [3.63, 3.8) is 0 Å². The average molecular weight is 440 g/mol. The Hall–Kier alpha value is -3.35. The van der Waals surface area contributed by atoms with Crippen molar-refractivity contribution in [1.29, 1.82) is 0 Å². The quantitative estimate of drug-likeness (QED) is 0.400. The van der Waals surface area contributed by atoms with Gasteiger partial charge in [0.1, 0.15) is 11.9 Å². The SMILES string of the molecule is C[C@]1(N2CCN(N=Cc3ccc(OC(F)(F)F)cc3)CC2)Cn2cc([N+](=O)[O-])nc2O1. The minimum atomic E-state index is -4.72. The van der Waals surface area contributed by atoms with Crippen LogP contribution in [0.3, 0.4) is 0 Å². The molecular weight excluding hydrogens is 421 g/mol. The van der Waals surface area contributed by atoms with Crippen LogP contribution in [0.5, 0.6) is 11.8 Å². The van der Waals surface area contributed by atoms with E-state index >= 15 is 0 Å².